The molecule has 1 N–H and O–H groups in total. The van der Waals surface area contributed by atoms with Crippen LogP contribution in [0.25, 0.3) is 0 Å². The van der Waals surface area contributed by atoms with Crippen molar-refractivity contribution in [3.8, 4) is 5.75 Å². The molecule has 41 heavy (non-hydrogen) atoms. The minimum Gasteiger partial charge on any atom is -0.497 e. The Morgan fingerprint density at radius 1 is 1.02 bits per heavy atom. The van der Waals surface area contributed by atoms with E-state index in [4.69, 9.17) is 4.74 Å². The number of hydrogen-bond donors (Lipinski definition) is 1. The van der Waals surface area contributed by atoms with Gasteiger partial charge in [-0.25, -0.2) is 14.7 Å². The summed E-state index contributed by atoms with van der Waals surface area (Å²) < 4.78 is 5.19. The number of ether oxygens (including phenoxy) is 1. The fraction of sp³-hybridized carbons (Fsp3) is 0.323. The Hall–Kier alpha value is -4.73. The van der Waals surface area contributed by atoms with E-state index >= 15 is 0 Å². The zero-order valence-corrected chi connectivity index (χ0v) is 24.0. The smallest absolute Gasteiger partial charge is 0.332 e. The van der Waals surface area contributed by atoms with Crippen molar-refractivity contribution in [2.75, 3.05) is 28.8 Å². The Kier molecular flexibility index (Phi) is 6.81. The molecule has 0 unspecified atom stereocenters. The van der Waals surface area contributed by atoms with Crippen molar-refractivity contribution in [3.63, 3.8) is 0 Å². The van der Waals surface area contributed by atoms with Crippen molar-refractivity contribution in [1.29, 1.82) is 0 Å². The van der Waals surface area contributed by atoms with Crippen molar-refractivity contribution in [2.24, 2.45) is 0 Å². The van der Waals surface area contributed by atoms with Gasteiger partial charge in [-0.2, -0.15) is 0 Å². The van der Waals surface area contributed by atoms with E-state index in [-0.39, 0.29) is 29.7 Å². The molecule has 5 amide bonds. The quantitative estimate of drug-likeness (QED) is 0.440. The summed E-state index contributed by atoms with van der Waals surface area (Å²) in [5.41, 5.74) is 1.84. The van der Waals surface area contributed by atoms with Crippen LogP contribution >= 0.6 is 0 Å². The van der Waals surface area contributed by atoms with Crippen LogP contribution in [0, 0.1) is 0 Å². The summed E-state index contributed by atoms with van der Waals surface area (Å²) in [5.74, 6) is 0.0570. The maximum atomic E-state index is 13.7. The van der Waals surface area contributed by atoms with Crippen molar-refractivity contribution >= 4 is 40.9 Å². The highest BCUT2D eigenvalue weighted by Crippen LogP contribution is 2.44. The number of urea groups is 1. The summed E-state index contributed by atoms with van der Waals surface area (Å²) in [5, 5.41) is 2.78. The minimum atomic E-state index is -1.14. The van der Waals surface area contributed by atoms with E-state index in [1.54, 1.807) is 73.5 Å². The number of pyridine rings is 1. The van der Waals surface area contributed by atoms with Gasteiger partial charge < -0.3 is 19.9 Å². The first-order valence-corrected chi connectivity index (χ1v) is 13.3. The first kappa shape index (κ1) is 27.8. The first-order valence-electron chi connectivity index (χ1n) is 13.3. The van der Waals surface area contributed by atoms with Crippen LogP contribution in [0.2, 0.25) is 0 Å². The largest absolute Gasteiger partial charge is 0.497 e. The lowest BCUT2D eigenvalue weighted by Gasteiger charge is -2.27. The molecule has 5 rings (SSSR count). The lowest BCUT2D eigenvalue weighted by Crippen LogP contribution is -2.43. The molecule has 2 aliphatic heterocycles. The lowest BCUT2D eigenvalue weighted by atomic mass is 9.87. The third-order valence-corrected chi connectivity index (χ3v) is 7.75. The number of nitrogens with zero attached hydrogens (tertiary/aromatic N) is 4. The predicted molar refractivity (Wildman–Crippen MR) is 155 cm³/mol. The molecule has 0 saturated carbocycles. The van der Waals surface area contributed by atoms with Gasteiger partial charge in [0, 0.05) is 42.9 Å². The second-order valence-electron chi connectivity index (χ2n) is 11.5. The van der Waals surface area contributed by atoms with Gasteiger partial charge in [-0.05, 0) is 67.4 Å². The zero-order valence-electron chi connectivity index (χ0n) is 24.0. The Labute approximate surface area is 238 Å². The predicted octanol–water partition coefficient (Wildman–Crippen LogP) is 4.73. The van der Waals surface area contributed by atoms with E-state index < -0.39 is 11.6 Å². The summed E-state index contributed by atoms with van der Waals surface area (Å²) >= 11 is 0. The Morgan fingerprint density at radius 3 is 2.49 bits per heavy atom. The second kappa shape index (κ2) is 10.0. The molecule has 1 aromatic heterocycles. The molecule has 10 heteroatoms. The van der Waals surface area contributed by atoms with Gasteiger partial charge in [0.15, 0.2) is 0 Å². The summed E-state index contributed by atoms with van der Waals surface area (Å²) in [7, 11) is 1.53. The van der Waals surface area contributed by atoms with Gasteiger partial charge in [0.05, 0.1) is 12.8 Å². The number of imide groups is 1. The number of anilines is 3. The minimum absolute atomic E-state index is 0.0954. The van der Waals surface area contributed by atoms with Crippen LogP contribution in [0.15, 0.2) is 60.8 Å². The number of carbonyl (C=O) groups is 4. The van der Waals surface area contributed by atoms with Gasteiger partial charge in [-0.3, -0.25) is 14.4 Å². The van der Waals surface area contributed by atoms with E-state index in [0.29, 0.717) is 40.6 Å². The van der Waals surface area contributed by atoms with Gasteiger partial charge in [0.25, 0.3) is 11.8 Å². The zero-order chi connectivity index (χ0) is 29.7. The summed E-state index contributed by atoms with van der Waals surface area (Å²) in [6.07, 6.45) is 1.54. The maximum Gasteiger partial charge on any atom is 0.332 e. The van der Waals surface area contributed by atoms with E-state index in [1.165, 1.54) is 23.8 Å². The standard InChI is InChI=1S/C31H33N5O5/c1-19(37)34-18-30(2,3)24-11-10-22(16-25(24)34)36-28(39)31(4,5)35(29(36)40)17-20-12-13-32-26(14-20)33-27(38)21-8-7-9-23(15-21)41-6/h7-16H,17-18H2,1-6H3,(H,32,33,38). The average molecular weight is 556 g/mol. The van der Waals surface area contributed by atoms with Gasteiger partial charge in [0.2, 0.25) is 5.91 Å². The molecule has 0 radical (unpaired) electrons. The SMILES string of the molecule is COc1cccc(C(=O)Nc2cc(CN3C(=O)N(c4ccc5c(c4)N(C(C)=O)CC5(C)C)C(=O)C3(C)C)ccn2)c1. The van der Waals surface area contributed by atoms with Gasteiger partial charge in [0.1, 0.15) is 17.1 Å². The molecule has 212 valence electrons. The number of methoxy groups -OCH3 is 1. The Bertz CT molecular complexity index is 1580. The number of hydrogen-bond acceptors (Lipinski definition) is 6. The van der Waals surface area contributed by atoms with Crippen molar-refractivity contribution in [2.45, 2.75) is 52.1 Å². The molecule has 3 aromatic rings. The fourth-order valence-corrected chi connectivity index (χ4v) is 5.41. The van der Waals surface area contributed by atoms with Crippen LogP contribution in [-0.4, -0.2) is 52.8 Å². The highest BCUT2D eigenvalue weighted by Gasteiger charge is 2.52. The van der Waals surface area contributed by atoms with Crippen LogP contribution in [-0.2, 0) is 21.5 Å². The number of aromatic nitrogens is 1. The molecular weight excluding hydrogens is 522 g/mol. The van der Waals surface area contributed by atoms with Crippen LogP contribution in [0.5, 0.6) is 5.75 Å². The number of nitrogens with one attached hydrogen (secondary N) is 1. The van der Waals surface area contributed by atoms with Crippen LogP contribution in [0.3, 0.4) is 0 Å². The first-order chi connectivity index (χ1) is 19.3. The Morgan fingerprint density at radius 2 is 1.78 bits per heavy atom. The molecule has 0 atom stereocenters. The average Bonchev–Trinajstić information content (AvgIpc) is 3.30. The molecule has 2 aromatic carbocycles. The number of rotatable bonds is 6. The Balaban J connectivity index is 1.39. The van der Waals surface area contributed by atoms with Crippen molar-refractivity contribution in [1.82, 2.24) is 9.88 Å². The van der Waals surface area contributed by atoms with Crippen molar-refractivity contribution in [3.05, 3.63) is 77.5 Å². The monoisotopic (exact) mass is 555 g/mol. The number of amides is 5. The molecule has 0 aliphatic carbocycles. The lowest BCUT2D eigenvalue weighted by molar-refractivity contribution is -0.123. The molecule has 0 bridgehead atoms. The van der Waals surface area contributed by atoms with E-state index in [0.717, 1.165) is 5.56 Å². The highest BCUT2D eigenvalue weighted by molar-refractivity contribution is 6.23. The summed E-state index contributed by atoms with van der Waals surface area (Å²) in [4.78, 5) is 61.1. The van der Waals surface area contributed by atoms with Crippen LogP contribution in [0.1, 0.15) is 56.1 Å². The fourth-order valence-electron chi connectivity index (χ4n) is 5.41. The van der Waals surface area contributed by atoms with E-state index in [1.807, 2.05) is 6.07 Å². The topological polar surface area (TPSA) is 112 Å². The molecule has 3 heterocycles. The summed E-state index contributed by atoms with van der Waals surface area (Å²) in [6, 6.07) is 15.1. The summed E-state index contributed by atoms with van der Waals surface area (Å²) in [6.45, 7) is 9.70. The third kappa shape index (κ3) is 4.90. The molecular formula is C31H33N5O5. The number of carbonyl (C=O) groups excluding carboxylic acids is 4. The molecule has 2 aliphatic rings. The van der Waals surface area contributed by atoms with Crippen LogP contribution < -0.4 is 19.9 Å². The molecule has 0 spiro atoms. The van der Waals surface area contributed by atoms with Gasteiger partial charge >= 0.3 is 6.03 Å². The van der Waals surface area contributed by atoms with Crippen LogP contribution in [0.4, 0.5) is 22.0 Å². The van der Waals surface area contributed by atoms with E-state index in [2.05, 4.69) is 24.1 Å². The normalized spacial score (nSPS) is 17.1. The van der Waals surface area contributed by atoms with Crippen molar-refractivity contribution < 1.29 is 23.9 Å². The number of benzene rings is 2. The highest BCUT2D eigenvalue weighted by atomic mass is 16.5. The van der Waals surface area contributed by atoms with E-state index in [9.17, 15) is 19.2 Å². The number of fused-ring (bicyclic) bond motifs is 1. The van der Waals surface area contributed by atoms with Gasteiger partial charge in [-0.1, -0.05) is 26.0 Å². The molecule has 1 saturated heterocycles. The maximum absolute atomic E-state index is 13.7. The van der Waals surface area contributed by atoms with Gasteiger partial charge in [-0.15, -0.1) is 0 Å². The molecule has 1 fully saturated rings. The second-order valence-corrected chi connectivity index (χ2v) is 11.5. The third-order valence-electron chi connectivity index (χ3n) is 7.75. The molecule has 10 nitrogen and oxygen atoms in total.